The number of benzene rings is 1. The number of carbonyl (C=O) groups is 1. The molecule has 1 aliphatic rings. The highest BCUT2D eigenvalue weighted by Gasteiger charge is 2.15. The molecular formula is C16H24N2O2. The molecule has 0 aliphatic carbocycles. The van der Waals surface area contributed by atoms with Crippen molar-refractivity contribution in [2.45, 2.75) is 39.2 Å². The number of hydrogen-bond donors (Lipinski definition) is 2. The Bertz CT molecular complexity index is 454. The Labute approximate surface area is 120 Å². The second kappa shape index (κ2) is 7.29. The minimum atomic E-state index is -0.0229. The lowest BCUT2D eigenvalue weighted by Gasteiger charge is -2.22. The van der Waals surface area contributed by atoms with Crippen molar-refractivity contribution in [2.24, 2.45) is 0 Å². The van der Waals surface area contributed by atoms with Crippen molar-refractivity contribution in [1.29, 1.82) is 0 Å². The van der Waals surface area contributed by atoms with E-state index in [9.17, 15) is 4.79 Å². The maximum absolute atomic E-state index is 12.1. The summed E-state index contributed by atoms with van der Waals surface area (Å²) in [7, 11) is 0. The first-order valence-electron chi connectivity index (χ1n) is 7.45. The smallest absolute Gasteiger partial charge is 0.251 e. The monoisotopic (exact) mass is 276 g/mol. The van der Waals surface area contributed by atoms with Crippen LogP contribution in [0.4, 0.5) is 5.69 Å². The molecule has 20 heavy (non-hydrogen) atoms. The van der Waals surface area contributed by atoms with Crippen molar-refractivity contribution in [3.8, 4) is 0 Å². The van der Waals surface area contributed by atoms with Crippen molar-refractivity contribution in [2.75, 3.05) is 25.0 Å². The van der Waals surface area contributed by atoms with Gasteiger partial charge in [-0.05, 0) is 56.9 Å². The normalized spacial score (nSPS) is 18.6. The molecule has 4 heteroatoms. The fourth-order valence-electron chi connectivity index (χ4n) is 2.47. The third-order valence-corrected chi connectivity index (χ3v) is 3.62. The molecule has 2 rings (SSSR count). The fraction of sp³-hybridized carbons (Fsp3) is 0.562. The first kappa shape index (κ1) is 14.9. The van der Waals surface area contributed by atoms with Gasteiger partial charge in [0.25, 0.3) is 5.91 Å². The Hall–Kier alpha value is -1.55. The molecule has 4 nitrogen and oxygen atoms in total. The van der Waals surface area contributed by atoms with Gasteiger partial charge in [0, 0.05) is 30.9 Å². The zero-order valence-electron chi connectivity index (χ0n) is 12.4. The molecule has 1 saturated heterocycles. The van der Waals surface area contributed by atoms with Gasteiger partial charge in [-0.2, -0.15) is 0 Å². The van der Waals surface area contributed by atoms with E-state index in [1.54, 1.807) is 0 Å². The van der Waals surface area contributed by atoms with E-state index in [1.807, 2.05) is 25.1 Å². The topological polar surface area (TPSA) is 50.4 Å². The molecule has 1 aromatic rings. The summed E-state index contributed by atoms with van der Waals surface area (Å²) in [6, 6.07) is 5.75. The molecule has 1 aliphatic heterocycles. The second-order valence-electron chi connectivity index (χ2n) is 5.26. The first-order valence-corrected chi connectivity index (χ1v) is 7.45. The van der Waals surface area contributed by atoms with Gasteiger partial charge >= 0.3 is 0 Å². The molecule has 1 fully saturated rings. The predicted octanol–water partition coefficient (Wildman–Crippen LogP) is 2.73. The van der Waals surface area contributed by atoms with E-state index in [0.29, 0.717) is 12.1 Å². The van der Waals surface area contributed by atoms with Gasteiger partial charge in [-0.25, -0.2) is 0 Å². The SMILES string of the molecule is CCNc1ccc(C(=O)NCC2CCCCO2)cc1C. The molecule has 1 heterocycles. The molecule has 0 spiro atoms. The zero-order chi connectivity index (χ0) is 14.4. The quantitative estimate of drug-likeness (QED) is 0.869. The van der Waals surface area contributed by atoms with Crippen molar-refractivity contribution < 1.29 is 9.53 Å². The minimum Gasteiger partial charge on any atom is -0.385 e. The number of hydrogen-bond acceptors (Lipinski definition) is 3. The molecule has 0 bridgehead atoms. The third kappa shape index (κ3) is 3.97. The Balaban J connectivity index is 1.89. The number of carbonyl (C=O) groups excluding carboxylic acids is 1. The first-order chi connectivity index (χ1) is 9.70. The molecule has 110 valence electrons. The van der Waals surface area contributed by atoms with E-state index in [4.69, 9.17) is 4.74 Å². The van der Waals surface area contributed by atoms with E-state index in [1.165, 1.54) is 6.42 Å². The van der Waals surface area contributed by atoms with Crippen molar-refractivity contribution in [3.63, 3.8) is 0 Å². The van der Waals surface area contributed by atoms with Gasteiger partial charge in [-0.15, -0.1) is 0 Å². The summed E-state index contributed by atoms with van der Waals surface area (Å²) in [5, 5.41) is 6.24. The summed E-state index contributed by atoms with van der Waals surface area (Å²) in [5.41, 5.74) is 2.88. The van der Waals surface area contributed by atoms with Crippen molar-refractivity contribution in [3.05, 3.63) is 29.3 Å². The highest BCUT2D eigenvalue weighted by atomic mass is 16.5. The summed E-state index contributed by atoms with van der Waals surface area (Å²) in [6.45, 7) is 6.37. The number of amides is 1. The summed E-state index contributed by atoms with van der Waals surface area (Å²) < 4.78 is 5.61. The summed E-state index contributed by atoms with van der Waals surface area (Å²) in [4.78, 5) is 12.1. The van der Waals surface area contributed by atoms with Gasteiger partial charge in [0.15, 0.2) is 0 Å². The largest absolute Gasteiger partial charge is 0.385 e. The maximum Gasteiger partial charge on any atom is 0.251 e. The van der Waals surface area contributed by atoms with E-state index >= 15 is 0 Å². The summed E-state index contributed by atoms with van der Waals surface area (Å²) in [6.07, 6.45) is 3.54. The lowest BCUT2D eigenvalue weighted by molar-refractivity contribution is 0.0169. The van der Waals surface area contributed by atoms with Crippen LogP contribution in [0.25, 0.3) is 0 Å². The van der Waals surface area contributed by atoms with Crippen LogP contribution in [0.3, 0.4) is 0 Å². The lowest BCUT2D eigenvalue weighted by Crippen LogP contribution is -2.35. The van der Waals surface area contributed by atoms with Crippen LogP contribution >= 0.6 is 0 Å². The zero-order valence-corrected chi connectivity index (χ0v) is 12.4. The number of ether oxygens (including phenoxy) is 1. The Morgan fingerprint density at radius 2 is 2.25 bits per heavy atom. The molecule has 1 aromatic carbocycles. The van der Waals surface area contributed by atoms with Crippen LogP contribution < -0.4 is 10.6 Å². The predicted molar refractivity (Wildman–Crippen MR) is 81.3 cm³/mol. The Kier molecular flexibility index (Phi) is 5.41. The van der Waals surface area contributed by atoms with Crippen LogP contribution in [0, 0.1) is 6.92 Å². The fourth-order valence-corrected chi connectivity index (χ4v) is 2.47. The number of aryl methyl sites for hydroxylation is 1. The summed E-state index contributed by atoms with van der Waals surface area (Å²) >= 11 is 0. The van der Waals surface area contributed by atoms with Gasteiger partial charge in [0.05, 0.1) is 6.10 Å². The van der Waals surface area contributed by atoms with Gasteiger partial charge in [0.2, 0.25) is 0 Å². The Morgan fingerprint density at radius 1 is 1.40 bits per heavy atom. The van der Waals surface area contributed by atoms with Crippen molar-refractivity contribution in [1.82, 2.24) is 5.32 Å². The van der Waals surface area contributed by atoms with Crippen LogP contribution in [0.1, 0.15) is 42.1 Å². The average Bonchev–Trinajstić information content (AvgIpc) is 2.48. The molecule has 1 atom stereocenters. The molecule has 0 saturated carbocycles. The highest BCUT2D eigenvalue weighted by Crippen LogP contribution is 2.16. The van der Waals surface area contributed by atoms with Gasteiger partial charge < -0.3 is 15.4 Å². The van der Waals surface area contributed by atoms with Gasteiger partial charge in [-0.3, -0.25) is 4.79 Å². The Morgan fingerprint density at radius 3 is 2.90 bits per heavy atom. The minimum absolute atomic E-state index is 0.0229. The lowest BCUT2D eigenvalue weighted by atomic mass is 10.1. The van der Waals surface area contributed by atoms with E-state index in [0.717, 1.165) is 37.2 Å². The van der Waals surface area contributed by atoms with E-state index < -0.39 is 0 Å². The molecule has 1 unspecified atom stereocenters. The molecule has 0 aromatic heterocycles. The average molecular weight is 276 g/mol. The summed E-state index contributed by atoms with van der Waals surface area (Å²) in [5.74, 6) is -0.0229. The highest BCUT2D eigenvalue weighted by molar-refractivity contribution is 5.94. The number of nitrogens with one attached hydrogen (secondary N) is 2. The molecular weight excluding hydrogens is 252 g/mol. The number of anilines is 1. The maximum atomic E-state index is 12.1. The van der Waals surface area contributed by atoms with Gasteiger partial charge in [-0.1, -0.05) is 0 Å². The van der Waals surface area contributed by atoms with Crippen LogP contribution in [0.15, 0.2) is 18.2 Å². The standard InChI is InChI=1S/C16H24N2O2/c1-3-17-15-8-7-13(10-12(15)2)16(19)18-11-14-6-4-5-9-20-14/h7-8,10,14,17H,3-6,9,11H2,1-2H3,(H,18,19). The second-order valence-corrected chi connectivity index (χ2v) is 5.26. The number of rotatable bonds is 5. The van der Waals surface area contributed by atoms with E-state index in [-0.39, 0.29) is 12.0 Å². The molecule has 0 radical (unpaired) electrons. The molecule has 2 N–H and O–H groups in total. The van der Waals surface area contributed by atoms with Crippen LogP contribution in [-0.2, 0) is 4.74 Å². The molecule has 1 amide bonds. The van der Waals surface area contributed by atoms with Crippen molar-refractivity contribution >= 4 is 11.6 Å². The van der Waals surface area contributed by atoms with Crippen LogP contribution in [0.2, 0.25) is 0 Å². The van der Waals surface area contributed by atoms with Crippen LogP contribution in [0.5, 0.6) is 0 Å². The van der Waals surface area contributed by atoms with Crippen LogP contribution in [-0.4, -0.2) is 31.7 Å². The van der Waals surface area contributed by atoms with E-state index in [2.05, 4.69) is 17.6 Å². The van der Waals surface area contributed by atoms with Gasteiger partial charge in [0.1, 0.15) is 0 Å². The third-order valence-electron chi connectivity index (χ3n) is 3.62.